The molecule has 1 rings (SSSR count). The molecule has 1 heterocycles. The molecule has 0 bridgehead atoms. The van der Waals surface area contributed by atoms with Gasteiger partial charge >= 0.3 is 11.9 Å². The minimum absolute atomic E-state index is 0.0245. The summed E-state index contributed by atoms with van der Waals surface area (Å²) in [6.07, 6.45) is 1.61. The van der Waals surface area contributed by atoms with Crippen molar-refractivity contribution in [1.82, 2.24) is 5.32 Å². The molecule has 16 heavy (non-hydrogen) atoms. The zero-order valence-electron chi connectivity index (χ0n) is 9.82. The Bertz CT molecular complexity index is 228. The van der Waals surface area contributed by atoms with E-state index in [0.29, 0.717) is 6.10 Å². The summed E-state index contributed by atoms with van der Waals surface area (Å²) in [5.41, 5.74) is 0.0245. The molecule has 1 atom stereocenters. The van der Waals surface area contributed by atoms with E-state index in [1.165, 1.54) is 0 Å². The van der Waals surface area contributed by atoms with Gasteiger partial charge in [-0.2, -0.15) is 0 Å². The second-order valence-corrected chi connectivity index (χ2v) is 4.46. The molecule has 1 saturated heterocycles. The maximum atomic E-state index is 9.10. The SMILES string of the molecule is CC(C)(C)O[C@H]1CCNC1.O=C(O)C(=O)O. The first kappa shape index (κ1) is 14.9. The molecule has 6 heteroatoms. The Morgan fingerprint density at radius 1 is 1.25 bits per heavy atom. The van der Waals surface area contributed by atoms with Gasteiger partial charge in [-0.05, 0) is 33.7 Å². The Labute approximate surface area is 94.6 Å². The number of nitrogens with one attached hydrogen (secondary N) is 1. The normalized spacial score (nSPS) is 19.8. The van der Waals surface area contributed by atoms with Crippen LogP contribution in [0.2, 0.25) is 0 Å². The molecule has 94 valence electrons. The Balaban J connectivity index is 0.000000325. The predicted octanol–water partition coefficient (Wildman–Crippen LogP) is 0.319. The maximum absolute atomic E-state index is 9.10. The number of carbonyl (C=O) groups is 2. The highest BCUT2D eigenvalue weighted by molar-refractivity contribution is 6.27. The van der Waals surface area contributed by atoms with Gasteiger partial charge < -0.3 is 20.3 Å². The zero-order valence-corrected chi connectivity index (χ0v) is 9.82. The van der Waals surface area contributed by atoms with Crippen molar-refractivity contribution < 1.29 is 24.5 Å². The van der Waals surface area contributed by atoms with E-state index in [4.69, 9.17) is 24.5 Å². The lowest BCUT2D eigenvalue weighted by atomic mass is 10.2. The fraction of sp³-hybridized carbons (Fsp3) is 0.800. The van der Waals surface area contributed by atoms with Gasteiger partial charge in [-0.15, -0.1) is 0 Å². The van der Waals surface area contributed by atoms with E-state index in [1.807, 2.05) is 0 Å². The van der Waals surface area contributed by atoms with Gasteiger partial charge in [-0.1, -0.05) is 0 Å². The third-order valence-electron chi connectivity index (χ3n) is 1.72. The Morgan fingerprint density at radius 2 is 1.75 bits per heavy atom. The Kier molecular flexibility index (Phi) is 5.98. The van der Waals surface area contributed by atoms with Crippen molar-refractivity contribution in [2.24, 2.45) is 0 Å². The van der Waals surface area contributed by atoms with Crippen LogP contribution < -0.4 is 5.32 Å². The molecule has 1 fully saturated rings. The van der Waals surface area contributed by atoms with Crippen LogP contribution in [-0.2, 0) is 14.3 Å². The molecule has 0 amide bonds. The van der Waals surface area contributed by atoms with Crippen molar-refractivity contribution >= 4 is 11.9 Å². The number of carboxylic acids is 2. The van der Waals surface area contributed by atoms with E-state index in [-0.39, 0.29) is 5.60 Å². The highest BCUT2D eigenvalue weighted by atomic mass is 16.5. The lowest BCUT2D eigenvalue weighted by Gasteiger charge is -2.23. The van der Waals surface area contributed by atoms with Gasteiger partial charge in [-0.3, -0.25) is 0 Å². The number of carboxylic acid groups (broad SMARTS) is 2. The largest absolute Gasteiger partial charge is 0.473 e. The minimum atomic E-state index is -1.82. The van der Waals surface area contributed by atoms with Gasteiger partial charge in [0.15, 0.2) is 0 Å². The van der Waals surface area contributed by atoms with E-state index in [9.17, 15) is 0 Å². The number of rotatable bonds is 1. The summed E-state index contributed by atoms with van der Waals surface area (Å²) in [6.45, 7) is 8.44. The van der Waals surface area contributed by atoms with Crippen LogP contribution in [-0.4, -0.2) is 46.9 Å². The molecule has 0 aromatic heterocycles. The van der Waals surface area contributed by atoms with Crippen molar-refractivity contribution in [1.29, 1.82) is 0 Å². The van der Waals surface area contributed by atoms with Crippen LogP contribution in [0.5, 0.6) is 0 Å². The van der Waals surface area contributed by atoms with Crippen molar-refractivity contribution in [3.05, 3.63) is 0 Å². The topological polar surface area (TPSA) is 95.9 Å². The molecule has 0 aromatic rings. The highest BCUT2D eigenvalue weighted by Crippen LogP contribution is 2.14. The van der Waals surface area contributed by atoms with Crippen LogP contribution in [0.25, 0.3) is 0 Å². The van der Waals surface area contributed by atoms with E-state index in [0.717, 1.165) is 19.5 Å². The third-order valence-corrected chi connectivity index (χ3v) is 1.72. The minimum Gasteiger partial charge on any atom is -0.473 e. The van der Waals surface area contributed by atoms with Gasteiger partial charge in [0, 0.05) is 6.54 Å². The van der Waals surface area contributed by atoms with Gasteiger partial charge in [0.1, 0.15) is 0 Å². The number of hydrogen-bond acceptors (Lipinski definition) is 4. The second-order valence-electron chi connectivity index (χ2n) is 4.46. The van der Waals surface area contributed by atoms with Gasteiger partial charge in [-0.25, -0.2) is 9.59 Å². The average molecular weight is 233 g/mol. The fourth-order valence-corrected chi connectivity index (χ4v) is 1.23. The molecule has 0 saturated carbocycles. The second kappa shape index (κ2) is 6.44. The molecule has 6 nitrogen and oxygen atoms in total. The molecular formula is C10H19NO5. The smallest absolute Gasteiger partial charge is 0.414 e. The lowest BCUT2D eigenvalue weighted by molar-refractivity contribution is -0.159. The standard InChI is InChI=1S/C8H17NO.C2H2O4/c1-8(2,3)10-7-4-5-9-6-7;3-1(4)2(5)6/h7,9H,4-6H2,1-3H3;(H,3,4)(H,5,6)/t7-;/m0./s1. The first-order valence-corrected chi connectivity index (χ1v) is 5.07. The number of hydrogen-bond donors (Lipinski definition) is 3. The summed E-state index contributed by atoms with van der Waals surface area (Å²) in [5, 5.41) is 18.1. The number of aliphatic carboxylic acids is 2. The van der Waals surface area contributed by atoms with E-state index in [1.54, 1.807) is 0 Å². The Hall–Kier alpha value is -1.14. The first-order valence-electron chi connectivity index (χ1n) is 5.07. The van der Waals surface area contributed by atoms with Crippen LogP contribution in [0.1, 0.15) is 27.2 Å². The van der Waals surface area contributed by atoms with Crippen molar-refractivity contribution in [3.8, 4) is 0 Å². The van der Waals surface area contributed by atoms with Crippen molar-refractivity contribution in [2.45, 2.75) is 38.9 Å². The summed E-state index contributed by atoms with van der Waals surface area (Å²) in [6, 6.07) is 0. The summed E-state index contributed by atoms with van der Waals surface area (Å²) < 4.78 is 5.74. The van der Waals surface area contributed by atoms with Crippen LogP contribution in [0.3, 0.4) is 0 Å². The third kappa shape index (κ3) is 8.19. The molecule has 0 unspecified atom stereocenters. The summed E-state index contributed by atoms with van der Waals surface area (Å²) in [7, 11) is 0. The van der Waals surface area contributed by atoms with E-state index in [2.05, 4.69) is 26.1 Å². The summed E-state index contributed by atoms with van der Waals surface area (Å²) in [4.78, 5) is 18.2. The monoisotopic (exact) mass is 233 g/mol. The zero-order chi connectivity index (χ0) is 12.8. The summed E-state index contributed by atoms with van der Waals surface area (Å²) >= 11 is 0. The van der Waals surface area contributed by atoms with Crippen LogP contribution in [0, 0.1) is 0 Å². The average Bonchev–Trinajstić information content (AvgIpc) is 2.54. The van der Waals surface area contributed by atoms with Crippen LogP contribution >= 0.6 is 0 Å². The molecule has 0 aliphatic carbocycles. The molecule has 1 aliphatic rings. The maximum Gasteiger partial charge on any atom is 0.414 e. The van der Waals surface area contributed by atoms with Crippen LogP contribution in [0.15, 0.2) is 0 Å². The van der Waals surface area contributed by atoms with Crippen molar-refractivity contribution in [3.63, 3.8) is 0 Å². The molecule has 0 radical (unpaired) electrons. The lowest BCUT2D eigenvalue weighted by Crippen LogP contribution is -2.28. The van der Waals surface area contributed by atoms with E-state index < -0.39 is 11.9 Å². The van der Waals surface area contributed by atoms with Gasteiger partial charge in [0.05, 0.1) is 11.7 Å². The van der Waals surface area contributed by atoms with Gasteiger partial charge in [0.2, 0.25) is 0 Å². The molecule has 3 N–H and O–H groups in total. The highest BCUT2D eigenvalue weighted by Gasteiger charge is 2.21. The predicted molar refractivity (Wildman–Crippen MR) is 57.4 cm³/mol. The molecule has 0 spiro atoms. The Morgan fingerprint density at radius 3 is 2.00 bits per heavy atom. The molecule has 1 aliphatic heterocycles. The van der Waals surface area contributed by atoms with Gasteiger partial charge in [0.25, 0.3) is 0 Å². The molecule has 0 aromatic carbocycles. The van der Waals surface area contributed by atoms with Crippen LogP contribution in [0.4, 0.5) is 0 Å². The quantitative estimate of drug-likeness (QED) is 0.564. The van der Waals surface area contributed by atoms with Crippen molar-refractivity contribution in [2.75, 3.05) is 13.1 Å². The number of ether oxygens (including phenoxy) is 1. The summed E-state index contributed by atoms with van der Waals surface area (Å²) in [5.74, 6) is -3.65. The molecular weight excluding hydrogens is 214 g/mol. The van der Waals surface area contributed by atoms with E-state index >= 15 is 0 Å². The first-order chi connectivity index (χ1) is 7.22. The fourth-order valence-electron chi connectivity index (χ4n) is 1.23.